The van der Waals surface area contributed by atoms with Crippen molar-refractivity contribution in [2.75, 3.05) is 0 Å². The van der Waals surface area contributed by atoms with Gasteiger partial charge in [0, 0.05) is 17.7 Å². The normalized spacial score (nSPS) is 12.4. The van der Waals surface area contributed by atoms with Crippen LogP contribution >= 0.6 is 0 Å². The largest absolute Gasteiger partial charge is 0.508 e. The number of phenolic OH excluding ortho intramolecular Hbond substituents is 1. The fourth-order valence-corrected chi connectivity index (χ4v) is 1.05. The molecule has 76 valence electrons. The molecule has 6 heteroatoms. The summed E-state index contributed by atoms with van der Waals surface area (Å²) in [4.78, 5) is 14.3. The van der Waals surface area contributed by atoms with Crippen LogP contribution in [0, 0.1) is 10.1 Å². The van der Waals surface area contributed by atoms with Gasteiger partial charge in [0.2, 0.25) is 0 Å². The number of non-ortho nitro benzene ring substituents is 1. The third-order valence-electron chi connectivity index (χ3n) is 1.86. The van der Waals surface area contributed by atoms with Crippen molar-refractivity contribution in [2.24, 2.45) is 5.90 Å². The number of hydrogen-bond acceptors (Lipinski definition) is 5. The van der Waals surface area contributed by atoms with Gasteiger partial charge < -0.3 is 5.11 Å². The lowest BCUT2D eigenvalue weighted by molar-refractivity contribution is -0.385. The Kier molecular flexibility index (Phi) is 3.00. The molecular formula is C8H10N2O4. The lowest BCUT2D eigenvalue weighted by atomic mass is 10.1. The summed E-state index contributed by atoms with van der Waals surface area (Å²) in [6.45, 7) is 1.58. The first-order chi connectivity index (χ1) is 6.56. The Bertz CT molecular complexity index is 353. The zero-order valence-electron chi connectivity index (χ0n) is 7.51. The molecule has 0 aliphatic carbocycles. The van der Waals surface area contributed by atoms with Gasteiger partial charge in [-0.1, -0.05) is 0 Å². The minimum atomic E-state index is -0.588. The average molecular weight is 198 g/mol. The highest BCUT2D eigenvalue weighted by atomic mass is 16.6. The zero-order chi connectivity index (χ0) is 10.7. The van der Waals surface area contributed by atoms with Crippen LogP contribution in [0.5, 0.6) is 5.75 Å². The van der Waals surface area contributed by atoms with E-state index in [2.05, 4.69) is 4.84 Å². The van der Waals surface area contributed by atoms with Gasteiger partial charge in [-0.3, -0.25) is 15.0 Å². The number of hydrogen-bond donors (Lipinski definition) is 2. The van der Waals surface area contributed by atoms with Crippen LogP contribution in [0.15, 0.2) is 18.2 Å². The van der Waals surface area contributed by atoms with Crippen LogP contribution in [0.3, 0.4) is 0 Å². The highest BCUT2D eigenvalue weighted by molar-refractivity contribution is 5.43. The Morgan fingerprint density at radius 1 is 1.64 bits per heavy atom. The Balaban J connectivity index is 3.14. The first kappa shape index (κ1) is 10.4. The Morgan fingerprint density at radius 2 is 2.29 bits per heavy atom. The highest BCUT2D eigenvalue weighted by Crippen LogP contribution is 2.29. The third-order valence-corrected chi connectivity index (χ3v) is 1.86. The minimum absolute atomic E-state index is 0.0754. The molecule has 0 saturated carbocycles. The topological polar surface area (TPSA) is 98.6 Å². The molecule has 1 unspecified atom stereocenters. The van der Waals surface area contributed by atoms with E-state index in [1.807, 2.05) is 0 Å². The first-order valence-corrected chi connectivity index (χ1v) is 3.89. The van der Waals surface area contributed by atoms with E-state index in [1.165, 1.54) is 18.2 Å². The molecule has 6 nitrogen and oxygen atoms in total. The van der Waals surface area contributed by atoms with Crippen molar-refractivity contribution in [3.05, 3.63) is 33.9 Å². The number of aromatic hydroxyl groups is 1. The second kappa shape index (κ2) is 4.03. The molecule has 0 aromatic heterocycles. The molecule has 1 aromatic rings. The van der Waals surface area contributed by atoms with Gasteiger partial charge in [-0.15, -0.1) is 0 Å². The Hall–Kier alpha value is -1.66. The molecule has 0 aliphatic heterocycles. The van der Waals surface area contributed by atoms with Crippen molar-refractivity contribution in [3.8, 4) is 5.75 Å². The van der Waals surface area contributed by atoms with Crippen LogP contribution in [0.2, 0.25) is 0 Å². The van der Waals surface area contributed by atoms with Crippen molar-refractivity contribution in [1.29, 1.82) is 0 Å². The van der Waals surface area contributed by atoms with Crippen LogP contribution in [-0.2, 0) is 4.84 Å². The van der Waals surface area contributed by atoms with Crippen LogP contribution in [-0.4, -0.2) is 10.0 Å². The molecule has 1 rings (SSSR count). The lowest BCUT2D eigenvalue weighted by Gasteiger charge is -2.10. The van der Waals surface area contributed by atoms with Gasteiger partial charge in [0.1, 0.15) is 11.9 Å². The monoisotopic (exact) mass is 198 g/mol. The summed E-state index contributed by atoms with van der Waals surface area (Å²) in [5, 5.41) is 19.8. The summed E-state index contributed by atoms with van der Waals surface area (Å²) in [5.74, 6) is 4.84. The number of nitro groups is 1. The lowest BCUT2D eigenvalue weighted by Crippen LogP contribution is -2.06. The summed E-state index contributed by atoms with van der Waals surface area (Å²) in [7, 11) is 0. The molecule has 0 fully saturated rings. The second-order valence-corrected chi connectivity index (χ2v) is 2.78. The summed E-state index contributed by atoms with van der Waals surface area (Å²) in [6.07, 6.45) is -0.588. The second-order valence-electron chi connectivity index (χ2n) is 2.78. The summed E-state index contributed by atoms with van der Waals surface area (Å²) in [5.41, 5.74) is 0.184. The van der Waals surface area contributed by atoms with Crippen LogP contribution in [0.25, 0.3) is 0 Å². The van der Waals surface area contributed by atoms with Gasteiger partial charge in [0.05, 0.1) is 4.92 Å². The maximum atomic E-state index is 10.4. The van der Waals surface area contributed by atoms with Gasteiger partial charge in [0.25, 0.3) is 5.69 Å². The maximum absolute atomic E-state index is 10.4. The minimum Gasteiger partial charge on any atom is -0.508 e. The molecule has 0 aliphatic rings. The van der Waals surface area contributed by atoms with E-state index in [0.717, 1.165) is 0 Å². The van der Waals surface area contributed by atoms with Gasteiger partial charge in [0.15, 0.2) is 0 Å². The third kappa shape index (κ3) is 1.98. The van der Waals surface area contributed by atoms with Gasteiger partial charge >= 0.3 is 0 Å². The summed E-state index contributed by atoms with van der Waals surface area (Å²) < 4.78 is 0. The number of benzene rings is 1. The molecule has 0 amide bonds. The number of nitrogens with two attached hydrogens (primary N) is 1. The SMILES string of the molecule is CC(ON)c1cc([N+](=O)[O-])ccc1O. The van der Waals surface area contributed by atoms with E-state index in [1.54, 1.807) is 6.92 Å². The number of phenols is 1. The van der Waals surface area contributed by atoms with Crippen LogP contribution in [0.1, 0.15) is 18.6 Å². The van der Waals surface area contributed by atoms with Crippen molar-refractivity contribution in [3.63, 3.8) is 0 Å². The van der Waals surface area contributed by atoms with E-state index >= 15 is 0 Å². The van der Waals surface area contributed by atoms with Gasteiger partial charge in [-0.25, -0.2) is 5.90 Å². The average Bonchev–Trinajstić information content (AvgIpc) is 2.17. The van der Waals surface area contributed by atoms with E-state index in [-0.39, 0.29) is 11.4 Å². The van der Waals surface area contributed by atoms with E-state index in [9.17, 15) is 15.2 Å². The Morgan fingerprint density at radius 3 is 2.79 bits per heavy atom. The molecule has 3 N–H and O–H groups in total. The maximum Gasteiger partial charge on any atom is 0.270 e. The van der Waals surface area contributed by atoms with Gasteiger partial charge in [-0.2, -0.15) is 0 Å². The number of nitro benzene ring substituents is 1. The van der Waals surface area contributed by atoms with E-state index in [4.69, 9.17) is 5.90 Å². The van der Waals surface area contributed by atoms with Crippen LogP contribution < -0.4 is 5.90 Å². The van der Waals surface area contributed by atoms with Crippen LogP contribution in [0.4, 0.5) is 5.69 Å². The molecule has 0 bridgehead atoms. The standard InChI is InChI=1S/C8H10N2O4/c1-5(14-9)7-4-6(10(12)13)2-3-8(7)11/h2-5,11H,9H2,1H3. The molecule has 1 atom stereocenters. The highest BCUT2D eigenvalue weighted by Gasteiger charge is 2.15. The number of nitrogens with zero attached hydrogens (tertiary/aromatic N) is 1. The summed E-state index contributed by atoms with van der Waals surface area (Å²) in [6, 6.07) is 3.68. The molecule has 0 saturated heterocycles. The van der Waals surface area contributed by atoms with Crippen molar-refractivity contribution in [2.45, 2.75) is 13.0 Å². The quantitative estimate of drug-likeness (QED) is 0.562. The van der Waals surface area contributed by atoms with Crippen molar-refractivity contribution < 1.29 is 14.9 Å². The van der Waals surface area contributed by atoms with E-state index < -0.39 is 11.0 Å². The predicted molar refractivity (Wildman–Crippen MR) is 48.4 cm³/mol. The fraction of sp³-hybridized carbons (Fsp3) is 0.250. The van der Waals surface area contributed by atoms with E-state index in [0.29, 0.717) is 5.56 Å². The zero-order valence-corrected chi connectivity index (χ0v) is 7.51. The predicted octanol–water partition coefficient (Wildman–Crippen LogP) is 1.25. The summed E-state index contributed by atoms with van der Waals surface area (Å²) >= 11 is 0. The molecule has 0 heterocycles. The molecule has 0 spiro atoms. The van der Waals surface area contributed by atoms with Crippen molar-refractivity contribution in [1.82, 2.24) is 0 Å². The number of rotatable bonds is 3. The smallest absolute Gasteiger partial charge is 0.270 e. The molecule has 0 radical (unpaired) electrons. The molecule has 14 heavy (non-hydrogen) atoms. The van der Waals surface area contributed by atoms with Crippen molar-refractivity contribution >= 4 is 5.69 Å². The fourth-order valence-electron chi connectivity index (χ4n) is 1.05. The first-order valence-electron chi connectivity index (χ1n) is 3.89. The Labute approximate surface area is 80.0 Å². The van der Waals surface area contributed by atoms with Gasteiger partial charge in [-0.05, 0) is 13.0 Å². The molecule has 1 aromatic carbocycles. The molecular weight excluding hydrogens is 188 g/mol.